The SMILES string of the molecule is O=C(Nc1cccc(C(F)(F)F)c1)c1cccc(NSc2ccc(Cl)c(C(=O)O)c2)c1. The van der Waals surface area contributed by atoms with Crippen LogP contribution in [-0.2, 0) is 6.18 Å². The van der Waals surface area contributed by atoms with Crippen molar-refractivity contribution in [3.05, 3.63) is 88.4 Å². The molecule has 0 unspecified atom stereocenters. The second-order valence-corrected chi connectivity index (χ2v) is 7.55. The summed E-state index contributed by atoms with van der Waals surface area (Å²) in [6.07, 6.45) is -4.51. The van der Waals surface area contributed by atoms with Gasteiger partial charge in [-0.25, -0.2) is 4.79 Å². The van der Waals surface area contributed by atoms with E-state index >= 15 is 0 Å². The van der Waals surface area contributed by atoms with Gasteiger partial charge in [-0.2, -0.15) is 13.2 Å². The van der Waals surface area contributed by atoms with Crippen LogP contribution in [0.4, 0.5) is 24.5 Å². The summed E-state index contributed by atoms with van der Waals surface area (Å²) in [5, 5.41) is 11.7. The molecule has 0 fully saturated rings. The molecule has 3 aromatic rings. The Kier molecular flexibility index (Phi) is 6.77. The molecule has 0 aliphatic carbocycles. The highest BCUT2D eigenvalue weighted by molar-refractivity contribution is 8.00. The average Bonchev–Trinajstić information content (AvgIpc) is 2.72. The van der Waals surface area contributed by atoms with Gasteiger partial charge >= 0.3 is 12.1 Å². The number of carbonyl (C=O) groups is 2. The van der Waals surface area contributed by atoms with Crippen molar-refractivity contribution in [1.82, 2.24) is 0 Å². The minimum atomic E-state index is -4.51. The molecule has 0 spiro atoms. The third kappa shape index (κ3) is 5.93. The second kappa shape index (κ2) is 9.32. The van der Waals surface area contributed by atoms with Gasteiger partial charge in [-0.05, 0) is 66.5 Å². The molecule has 10 heteroatoms. The van der Waals surface area contributed by atoms with Gasteiger partial charge in [0.15, 0.2) is 0 Å². The smallest absolute Gasteiger partial charge is 0.416 e. The normalized spacial score (nSPS) is 11.1. The number of amides is 1. The van der Waals surface area contributed by atoms with Gasteiger partial charge in [-0.1, -0.05) is 23.7 Å². The van der Waals surface area contributed by atoms with Gasteiger partial charge in [0.25, 0.3) is 5.91 Å². The first-order valence-electron chi connectivity index (χ1n) is 8.68. The molecule has 0 saturated carbocycles. The number of rotatable bonds is 6. The minimum Gasteiger partial charge on any atom is -0.478 e. The predicted molar refractivity (Wildman–Crippen MR) is 114 cm³/mol. The van der Waals surface area contributed by atoms with Gasteiger partial charge in [0, 0.05) is 21.8 Å². The molecule has 0 aromatic heterocycles. The Morgan fingerprint density at radius 1 is 0.935 bits per heavy atom. The lowest BCUT2D eigenvalue weighted by molar-refractivity contribution is -0.137. The lowest BCUT2D eigenvalue weighted by Crippen LogP contribution is -2.13. The largest absolute Gasteiger partial charge is 0.478 e. The molecule has 3 rings (SSSR count). The number of benzene rings is 3. The standard InChI is InChI=1S/C21H14ClF3N2O3S/c22-18-8-7-16(11-17(18)20(29)30)31-27-15-6-1-3-12(9-15)19(28)26-14-5-2-4-13(10-14)21(23,24)25/h1-11,27H,(H,26,28)(H,29,30). The lowest BCUT2D eigenvalue weighted by Gasteiger charge is -2.11. The summed E-state index contributed by atoms with van der Waals surface area (Å²) in [7, 11) is 0. The third-order valence-electron chi connectivity index (χ3n) is 4.03. The van der Waals surface area contributed by atoms with Crippen LogP contribution in [0.25, 0.3) is 0 Å². The number of carboxylic acid groups (broad SMARTS) is 1. The van der Waals surface area contributed by atoms with E-state index < -0.39 is 23.6 Å². The van der Waals surface area contributed by atoms with Crippen molar-refractivity contribution >= 4 is 46.8 Å². The molecule has 0 aliphatic rings. The van der Waals surface area contributed by atoms with Crippen molar-refractivity contribution in [2.75, 3.05) is 10.0 Å². The van der Waals surface area contributed by atoms with E-state index in [1.165, 1.54) is 36.4 Å². The zero-order chi connectivity index (χ0) is 22.6. The van der Waals surface area contributed by atoms with Crippen LogP contribution in [0, 0.1) is 0 Å². The van der Waals surface area contributed by atoms with Gasteiger partial charge in [0.1, 0.15) is 0 Å². The summed E-state index contributed by atoms with van der Waals surface area (Å²) in [6.45, 7) is 0. The number of aromatic carboxylic acids is 1. The van der Waals surface area contributed by atoms with Crippen molar-refractivity contribution < 1.29 is 27.9 Å². The average molecular weight is 467 g/mol. The molecular formula is C21H14ClF3N2O3S. The number of hydrogen-bond donors (Lipinski definition) is 3. The van der Waals surface area contributed by atoms with E-state index in [9.17, 15) is 22.8 Å². The summed E-state index contributed by atoms with van der Waals surface area (Å²) in [6, 6.07) is 15.2. The van der Waals surface area contributed by atoms with Crippen LogP contribution < -0.4 is 10.0 Å². The first-order chi connectivity index (χ1) is 14.6. The molecular weight excluding hydrogens is 453 g/mol. The molecule has 0 bridgehead atoms. The van der Waals surface area contributed by atoms with E-state index in [4.69, 9.17) is 16.7 Å². The fourth-order valence-electron chi connectivity index (χ4n) is 2.55. The Hall–Kier alpha value is -3.17. The molecule has 0 radical (unpaired) electrons. The molecule has 3 aromatic carbocycles. The molecule has 160 valence electrons. The maximum atomic E-state index is 12.8. The number of anilines is 2. The van der Waals surface area contributed by atoms with Crippen molar-refractivity contribution in [3.8, 4) is 0 Å². The first-order valence-corrected chi connectivity index (χ1v) is 9.87. The molecule has 31 heavy (non-hydrogen) atoms. The molecule has 1 amide bonds. The highest BCUT2D eigenvalue weighted by atomic mass is 35.5. The topological polar surface area (TPSA) is 78.4 Å². The number of carbonyl (C=O) groups excluding carboxylic acids is 1. The zero-order valence-electron chi connectivity index (χ0n) is 15.5. The summed E-state index contributed by atoms with van der Waals surface area (Å²) < 4.78 is 41.5. The maximum Gasteiger partial charge on any atom is 0.416 e. The number of halogens is 4. The van der Waals surface area contributed by atoms with Crippen LogP contribution in [0.3, 0.4) is 0 Å². The fourth-order valence-corrected chi connectivity index (χ4v) is 3.42. The predicted octanol–water partition coefficient (Wildman–Crippen LogP) is 6.43. The summed E-state index contributed by atoms with van der Waals surface area (Å²) >= 11 is 6.96. The van der Waals surface area contributed by atoms with Gasteiger partial charge in [-0.15, -0.1) is 0 Å². The Morgan fingerprint density at radius 3 is 2.35 bits per heavy atom. The summed E-state index contributed by atoms with van der Waals surface area (Å²) in [5.41, 5.74) is -0.114. The van der Waals surface area contributed by atoms with Gasteiger partial charge in [-0.3, -0.25) is 4.79 Å². The number of nitrogens with one attached hydrogen (secondary N) is 2. The van der Waals surface area contributed by atoms with Crippen molar-refractivity contribution in [3.63, 3.8) is 0 Å². The molecule has 0 aliphatic heterocycles. The lowest BCUT2D eigenvalue weighted by atomic mass is 10.1. The third-order valence-corrected chi connectivity index (χ3v) is 5.18. The molecule has 0 saturated heterocycles. The second-order valence-electron chi connectivity index (χ2n) is 6.26. The van der Waals surface area contributed by atoms with E-state index in [0.717, 1.165) is 24.1 Å². The van der Waals surface area contributed by atoms with Crippen LogP contribution in [0.2, 0.25) is 5.02 Å². The highest BCUT2D eigenvalue weighted by Crippen LogP contribution is 2.31. The summed E-state index contributed by atoms with van der Waals surface area (Å²) in [4.78, 5) is 24.2. The van der Waals surface area contributed by atoms with Crippen LogP contribution >= 0.6 is 23.5 Å². The van der Waals surface area contributed by atoms with Crippen LogP contribution in [-0.4, -0.2) is 17.0 Å². The first kappa shape index (κ1) is 22.5. The molecule has 3 N–H and O–H groups in total. The van der Waals surface area contributed by atoms with E-state index in [2.05, 4.69) is 10.0 Å². The quantitative estimate of drug-likeness (QED) is 0.365. The van der Waals surface area contributed by atoms with Crippen molar-refractivity contribution in [1.29, 1.82) is 0 Å². The Morgan fingerprint density at radius 2 is 1.65 bits per heavy atom. The Labute approximate surface area is 184 Å². The van der Waals surface area contributed by atoms with Crippen LogP contribution in [0.1, 0.15) is 26.3 Å². The van der Waals surface area contributed by atoms with Gasteiger partial charge in [0.2, 0.25) is 0 Å². The van der Waals surface area contributed by atoms with E-state index in [-0.39, 0.29) is 21.8 Å². The summed E-state index contributed by atoms with van der Waals surface area (Å²) in [5.74, 6) is -1.73. The van der Waals surface area contributed by atoms with Crippen molar-refractivity contribution in [2.45, 2.75) is 11.1 Å². The Balaban J connectivity index is 1.70. The number of alkyl halides is 3. The number of hydrogen-bond acceptors (Lipinski definition) is 4. The van der Waals surface area contributed by atoms with Crippen molar-refractivity contribution in [2.24, 2.45) is 0 Å². The van der Waals surface area contributed by atoms with Crippen LogP contribution in [0.15, 0.2) is 71.6 Å². The number of carboxylic acids is 1. The monoisotopic (exact) mass is 466 g/mol. The van der Waals surface area contributed by atoms with Crippen LogP contribution in [0.5, 0.6) is 0 Å². The zero-order valence-corrected chi connectivity index (χ0v) is 17.1. The fraction of sp³-hybridized carbons (Fsp3) is 0.0476. The van der Waals surface area contributed by atoms with E-state index in [1.807, 2.05) is 0 Å². The maximum absolute atomic E-state index is 12.8. The Bertz CT molecular complexity index is 1140. The van der Waals surface area contributed by atoms with Gasteiger partial charge < -0.3 is 15.1 Å². The van der Waals surface area contributed by atoms with Gasteiger partial charge in [0.05, 0.1) is 16.1 Å². The molecule has 0 atom stereocenters. The van der Waals surface area contributed by atoms with E-state index in [0.29, 0.717) is 10.6 Å². The minimum absolute atomic E-state index is 0.0231. The molecule has 5 nitrogen and oxygen atoms in total. The van der Waals surface area contributed by atoms with E-state index in [1.54, 1.807) is 18.2 Å². The molecule has 0 heterocycles. The highest BCUT2D eigenvalue weighted by Gasteiger charge is 2.30.